The fourth-order valence-electron chi connectivity index (χ4n) is 2.37. The van der Waals surface area contributed by atoms with Crippen LogP contribution in [0.5, 0.6) is 0 Å². The molecule has 1 saturated heterocycles. The molecule has 0 bridgehead atoms. The molecule has 0 amide bonds. The zero-order valence-electron chi connectivity index (χ0n) is 12.2. The molecule has 1 aliphatic rings. The Kier molecular flexibility index (Phi) is 7.09. The van der Waals surface area contributed by atoms with Crippen LogP contribution in [0.4, 0.5) is 0 Å². The maximum atomic E-state index is 3.72. The van der Waals surface area contributed by atoms with Crippen molar-refractivity contribution in [2.75, 3.05) is 46.3 Å². The maximum Gasteiger partial charge on any atom is 0.0220 e. The van der Waals surface area contributed by atoms with Gasteiger partial charge < -0.3 is 10.2 Å². The fraction of sp³-hybridized carbons (Fsp3) is 1.00. The van der Waals surface area contributed by atoms with E-state index in [9.17, 15) is 0 Å². The maximum absolute atomic E-state index is 3.72. The van der Waals surface area contributed by atoms with Gasteiger partial charge in [0.25, 0.3) is 0 Å². The number of nitrogens with one attached hydrogen (secondary N) is 1. The molecule has 1 N–H and O–H groups in total. The lowest BCUT2D eigenvalue weighted by Crippen LogP contribution is -2.51. The summed E-state index contributed by atoms with van der Waals surface area (Å²) in [5.41, 5.74) is 0. The number of hydrogen-bond donors (Lipinski definition) is 1. The van der Waals surface area contributed by atoms with Crippen LogP contribution in [0.2, 0.25) is 0 Å². The number of nitrogens with zero attached hydrogens (tertiary/aromatic N) is 2. The minimum Gasteiger partial charge on any atom is -0.312 e. The van der Waals surface area contributed by atoms with Crippen molar-refractivity contribution in [3.8, 4) is 0 Å². The second kappa shape index (κ2) is 8.06. The average Bonchev–Trinajstić information content (AvgIpc) is 2.36. The first-order chi connectivity index (χ1) is 8.17. The average molecular weight is 241 g/mol. The van der Waals surface area contributed by atoms with Crippen molar-refractivity contribution < 1.29 is 0 Å². The highest BCUT2D eigenvalue weighted by molar-refractivity contribution is 4.79. The number of hydrogen-bond acceptors (Lipinski definition) is 3. The summed E-state index contributed by atoms with van der Waals surface area (Å²) in [6.07, 6.45) is 2.50. The Labute approximate surface area is 108 Å². The molecule has 17 heavy (non-hydrogen) atoms. The standard InChI is InChI=1S/C14H31N3/c1-5-7-15-14(13(3)6-2)12-17-10-8-16(4)9-11-17/h13-15H,5-12H2,1-4H3. The lowest BCUT2D eigenvalue weighted by molar-refractivity contribution is 0.131. The summed E-state index contributed by atoms with van der Waals surface area (Å²) < 4.78 is 0. The molecule has 102 valence electrons. The van der Waals surface area contributed by atoms with Gasteiger partial charge in [-0.2, -0.15) is 0 Å². The third-order valence-corrected chi connectivity index (χ3v) is 4.04. The summed E-state index contributed by atoms with van der Waals surface area (Å²) >= 11 is 0. The van der Waals surface area contributed by atoms with Crippen molar-refractivity contribution in [3.63, 3.8) is 0 Å². The van der Waals surface area contributed by atoms with E-state index < -0.39 is 0 Å². The van der Waals surface area contributed by atoms with Crippen LogP contribution < -0.4 is 5.32 Å². The number of likely N-dealkylation sites (N-methyl/N-ethyl adjacent to an activating group) is 1. The van der Waals surface area contributed by atoms with Crippen LogP contribution in [-0.4, -0.2) is 62.2 Å². The van der Waals surface area contributed by atoms with Gasteiger partial charge in [-0.3, -0.25) is 4.90 Å². The van der Waals surface area contributed by atoms with Gasteiger partial charge in [-0.15, -0.1) is 0 Å². The normalized spacial score (nSPS) is 22.6. The van der Waals surface area contributed by atoms with E-state index in [0.29, 0.717) is 6.04 Å². The van der Waals surface area contributed by atoms with Gasteiger partial charge in [0, 0.05) is 38.8 Å². The van der Waals surface area contributed by atoms with Gasteiger partial charge >= 0.3 is 0 Å². The number of rotatable bonds is 7. The molecule has 1 aliphatic heterocycles. The largest absolute Gasteiger partial charge is 0.312 e. The van der Waals surface area contributed by atoms with E-state index in [1.807, 2.05) is 0 Å². The molecule has 0 saturated carbocycles. The Morgan fingerprint density at radius 2 is 1.76 bits per heavy atom. The van der Waals surface area contributed by atoms with Crippen molar-refractivity contribution in [3.05, 3.63) is 0 Å². The topological polar surface area (TPSA) is 18.5 Å². The Morgan fingerprint density at radius 1 is 1.12 bits per heavy atom. The minimum absolute atomic E-state index is 0.670. The minimum atomic E-state index is 0.670. The van der Waals surface area contributed by atoms with Crippen molar-refractivity contribution in [1.29, 1.82) is 0 Å². The summed E-state index contributed by atoms with van der Waals surface area (Å²) in [7, 11) is 2.22. The van der Waals surface area contributed by atoms with Crippen LogP contribution in [0, 0.1) is 5.92 Å². The highest BCUT2D eigenvalue weighted by Crippen LogP contribution is 2.11. The van der Waals surface area contributed by atoms with E-state index in [-0.39, 0.29) is 0 Å². The van der Waals surface area contributed by atoms with Crippen molar-refractivity contribution in [2.45, 2.75) is 39.7 Å². The second-order valence-corrected chi connectivity index (χ2v) is 5.55. The van der Waals surface area contributed by atoms with Gasteiger partial charge in [-0.1, -0.05) is 27.2 Å². The molecule has 3 heteroatoms. The molecule has 2 unspecified atom stereocenters. The zero-order valence-corrected chi connectivity index (χ0v) is 12.2. The van der Waals surface area contributed by atoms with Gasteiger partial charge in [0.05, 0.1) is 0 Å². The van der Waals surface area contributed by atoms with Crippen LogP contribution in [0.1, 0.15) is 33.6 Å². The Bertz CT molecular complexity index is 188. The van der Waals surface area contributed by atoms with Crippen molar-refractivity contribution in [1.82, 2.24) is 15.1 Å². The third kappa shape index (κ3) is 5.36. The predicted molar refractivity (Wildman–Crippen MR) is 75.5 cm³/mol. The summed E-state index contributed by atoms with van der Waals surface area (Å²) in [5, 5.41) is 3.72. The van der Waals surface area contributed by atoms with E-state index in [1.54, 1.807) is 0 Å². The third-order valence-electron chi connectivity index (χ3n) is 4.04. The summed E-state index contributed by atoms with van der Waals surface area (Å²) in [4.78, 5) is 5.05. The monoisotopic (exact) mass is 241 g/mol. The van der Waals surface area contributed by atoms with Crippen LogP contribution >= 0.6 is 0 Å². The van der Waals surface area contributed by atoms with E-state index in [4.69, 9.17) is 0 Å². The highest BCUT2D eigenvalue weighted by Gasteiger charge is 2.21. The molecule has 0 aliphatic carbocycles. The zero-order chi connectivity index (χ0) is 12.7. The smallest absolute Gasteiger partial charge is 0.0220 e. The van der Waals surface area contributed by atoms with Crippen molar-refractivity contribution >= 4 is 0 Å². The summed E-state index contributed by atoms with van der Waals surface area (Å²) in [6, 6.07) is 0.670. The van der Waals surface area contributed by atoms with Crippen molar-refractivity contribution in [2.24, 2.45) is 5.92 Å². The lowest BCUT2D eigenvalue weighted by atomic mass is 9.98. The van der Waals surface area contributed by atoms with Crippen LogP contribution in [0.3, 0.4) is 0 Å². The molecule has 1 fully saturated rings. The Hall–Kier alpha value is -0.120. The van der Waals surface area contributed by atoms with E-state index in [0.717, 1.165) is 12.5 Å². The quantitative estimate of drug-likeness (QED) is 0.731. The lowest BCUT2D eigenvalue weighted by Gasteiger charge is -2.36. The molecule has 1 heterocycles. The molecule has 0 aromatic carbocycles. The summed E-state index contributed by atoms with van der Waals surface area (Å²) in [6.45, 7) is 14.2. The Balaban J connectivity index is 2.36. The molecule has 0 aromatic rings. The molecule has 0 spiro atoms. The van der Waals surface area contributed by atoms with Gasteiger partial charge in [0.15, 0.2) is 0 Å². The molecule has 0 aromatic heterocycles. The predicted octanol–water partition coefficient (Wildman–Crippen LogP) is 1.65. The van der Waals surface area contributed by atoms with Crippen LogP contribution in [-0.2, 0) is 0 Å². The van der Waals surface area contributed by atoms with E-state index >= 15 is 0 Å². The SMILES string of the molecule is CCCNC(CN1CCN(C)CC1)C(C)CC. The first-order valence-corrected chi connectivity index (χ1v) is 7.31. The number of piperazine rings is 1. The van der Waals surface area contributed by atoms with Crippen LogP contribution in [0.15, 0.2) is 0 Å². The summed E-state index contributed by atoms with van der Waals surface area (Å²) in [5.74, 6) is 0.779. The first kappa shape index (κ1) is 14.9. The molecule has 3 nitrogen and oxygen atoms in total. The molecule has 1 rings (SSSR count). The second-order valence-electron chi connectivity index (χ2n) is 5.55. The first-order valence-electron chi connectivity index (χ1n) is 7.31. The van der Waals surface area contributed by atoms with E-state index in [2.05, 4.69) is 42.9 Å². The fourth-order valence-corrected chi connectivity index (χ4v) is 2.37. The molecular formula is C14H31N3. The van der Waals surface area contributed by atoms with Gasteiger partial charge in [0.1, 0.15) is 0 Å². The van der Waals surface area contributed by atoms with Crippen LogP contribution in [0.25, 0.3) is 0 Å². The van der Waals surface area contributed by atoms with E-state index in [1.165, 1.54) is 45.6 Å². The van der Waals surface area contributed by atoms with Gasteiger partial charge in [0.2, 0.25) is 0 Å². The van der Waals surface area contributed by atoms with Gasteiger partial charge in [-0.05, 0) is 25.9 Å². The molecule has 0 radical (unpaired) electrons. The molecule has 2 atom stereocenters. The van der Waals surface area contributed by atoms with Gasteiger partial charge in [-0.25, -0.2) is 0 Å². The molecular weight excluding hydrogens is 210 g/mol. The highest BCUT2D eigenvalue weighted by atomic mass is 15.3. The Morgan fingerprint density at radius 3 is 2.29 bits per heavy atom.